The average molecular weight is 168 g/mol. The van der Waals surface area contributed by atoms with Crippen molar-refractivity contribution in [3.63, 3.8) is 0 Å². The molecular formula is C9H14NO2+. The summed E-state index contributed by atoms with van der Waals surface area (Å²) in [4.78, 5) is 0. The molecule has 1 rings (SSSR count). The fourth-order valence-electron chi connectivity index (χ4n) is 1.01. The SMILES string of the molecule is COc1cc(C[NH3+])cc(OC)c1. The fourth-order valence-corrected chi connectivity index (χ4v) is 1.01. The number of hydrogen-bond donors (Lipinski definition) is 1. The molecule has 0 aromatic heterocycles. The molecule has 3 heteroatoms. The van der Waals surface area contributed by atoms with Crippen LogP contribution in [0.3, 0.4) is 0 Å². The van der Waals surface area contributed by atoms with Crippen molar-refractivity contribution in [3.05, 3.63) is 23.8 Å². The van der Waals surface area contributed by atoms with Gasteiger partial charge in [0.2, 0.25) is 0 Å². The number of rotatable bonds is 3. The molecule has 0 unspecified atom stereocenters. The molecule has 0 radical (unpaired) electrons. The maximum Gasteiger partial charge on any atom is 0.123 e. The molecule has 1 aromatic rings. The van der Waals surface area contributed by atoms with E-state index in [0.717, 1.165) is 23.6 Å². The zero-order valence-electron chi connectivity index (χ0n) is 7.46. The normalized spacial score (nSPS) is 9.58. The summed E-state index contributed by atoms with van der Waals surface area (Å²) in [5.74, 6) is 1.63. The highest BCUT2D eigenvalue weighted by Gasteiger charge is 2.00. The molecule has 0 spiro atoms. The van der Waals surface area contributed by atoms with Crippen molar-refractivity contribution in [2.75, 3.05) is 14.2 Å². The highest BCUT2D eigenvalue weighted by molar-refractivity contribution is 5.37. The number of hydrogen-bond acceptors (Lipinski definition) is 2. The molecule has 0 aliphatic carbocycles. The van der Waals surface area contributed by atoms with Crippen molar-refractivity contribution in [2.24, 2.45) is 0 Å². The maximum atomic E-state index is 5.09. The van der Waals surface area contributed by atoms with Crippen LogP contribution < -0.4 is 15.2 Å². The Morgan fingerprint density at radius 2 is 1.58 bits per heavy atom. The third kappa shape index (κ3) is 1.89. The minimum Gasteiger partial charge on any atom is -0.497 e. The van der Waals surface area contributed by atoms with Gasteiger partial charge in [-0.15, -0.1) is 0 Å². The van der Waals surface area contributed by atoms with Crippen LogP contribution in [0, 0.1) is 0 Å². The van der Waals surface area contributed by atoms with Crippen LogP contribution in [0.1, 0.15) is 5.56 Å². The van der Waals surface area contributed by atoms with E-state index in [1.54, 1.807) is 14.2 Å². The topological polar surface area (TPSA) is 46.1 Å². The van der Waals surface area contributed by atoms with Crippen LogP contribution in [0.25, 0.3) is 0 Å². The molecule has 0 fully saturated rings. The second-order valence-corrected chi connectivity index (χ2v) is 2.47. The van der Waals surface area contributed by atoms with Crippen molar-refractivity contribution in [2.45, 2.75) is 6.54 Å². The highest BCUT2D eigenvalue weighted by Crippen LogP contribution is 2.21. The number of ether oxygens (including phenoxy) is 2. The lowest BCUT2D eigenvalue weighted by Gasteiger charge is -2.05. The first-order valence-corrected chi connectivity index (χ1v) is 3.81. The van der Waals surface area contributed by atoms with Gasteiger partial charge in [0.15, 0.2) is 0 Å². The Balaban J connectivity index is 3.01. The van der Waals surface area contributed by atoms with Gasteiger partial charge in [0, 0.05) is 11.6 Å². The van der Waals surface area contributed by atoms with Gasteiger partial charge < -0.3 is 15.2 Å². The first-order chi connectivity index (χ1) is 5.80. The lowest BCUT2D eigenvalue weighted by molar-refractivity contribution is -0.386. The number of quaternary nitrogens is 1. The van der Waals surface area contributed by atoms with E-state index >= 15 is 0 Å². The minimum absolute atomic E-state index is 0.744. The summed E-state index contributed by atoms with van der Waals surface area (Å²) >= 11 is 0. The van der Waals surface area contributed by atoms with Crippen LogP contribution in [0.2, 0.25) is 0 Å². The van der Waals surface area contributed by atoms with Gasteiger partial charge in [0.1, 0.15) is 11.5 Å². The molecule has 0 aliphatic rings. The molecule has 0 bridgehead atoms. The summed E-state index contributed by atoms with van der Waals surface area (Å²) in [6, 6.07) is 5.75. The first-order valence-electron chi connectivity index (χ1n) is 3.81. The standard InChI is InChI=1S/C9H13NO2/c1-11-8-3-7(6-10)4-9(5-8)12-2/h3-5H,6,10H2,1-2H3/p+1. The monoisotopic (exact) mass is 168 g/mol. The van der Waals surface area contributed by atoms with E-state index in [-0.39, 0.29) is 0 Å². The Morgan fingerprint density at radius 1 is 1.08 bits per heavy atom. The zero-order chi connectivity index (χ0) is 8.97. The molecule has 0 saturated carbocycles. The van der Waals surface area contributed by atoms with Crippen molar-refractivity contribution in [3.8, 4) is 11.5 Å². The molecule has 0 saturated heterocycles. The van der Waals surface area contributed by atoms with Crippen LogP contribution >= 0.6 is 0 Å². The highest BCUT2D eigenvalue weighted by atomic mass is 16.5. The van der Waals surface area contributed by atoms with E-state index in [0.29, 0.717) is 0 Å². The Labute approximate surface area is 72.1 Å². The zero-order valence-corrected chi connectivity index (χ0v) is 7.46. The van der Waals surface area contributed by atoms with Gasteiger partial charge in [-0.1, -0.05) is 0 Å². The molecule has 0 atom stereocenters. The van der Waals surface area contributed by atoms with Crippen LogP contribution in [-0.2, 0) is 6.54 Å². The third-order valence-corrected chi connectivity index (χ3v) is 1.70. The lowest BCUT2D eigenvalue weighted by Crippen LogP contribution is -2.47. The van der Waals surface area contributed by atoms with Gasteiger partial charge in [0.25, 0.3) is 0 Å². The predicted molar refractivity (Wildman–Crippen MR) is 46.1 cm³/mol. The molecule has 0 amide bonds. The van der Waals surface area contributed by atoms with Gasteiger partial charge in [-0.05, 0) is 12.1 Å². The minimum atomic E-state index is 0.744. The molecule has 66 valence electrons. The van der Waals surface area contributed by atoms with E-state index < -0.39 is 0 Å². The summed E-state index contributed by atoms with van der Waals surface area (Å²) in [5, 5.41) is 0. The van der Waals surface area contributed by atoms with Crippen LogP contribution in [0.4, 0.5) is 0 Å². The van der Waals surface area contributed by atoms with Crippen LogP contribution in [0.15, 0.2) is 18.2 Å². The summed E-state index contributed by atoms with van der Waals surface area (Å²) in [6.07, 6.45) is 0. The second kappa shape index (κ2) is 3.97. The van der Waals surface area contributed by atoms with E-state index in [9.17, 15) is 0 Å². The smallest absolute Gasteiger partial charge is 0.123 e. The average Bonchev–Trinajstić information content (AvgIpc) is 2.16. The molecule has 0 aliphatic heterocycles. The second-order valence-electron chi connectivity index (χ2n) is 2.47. The van der Waals surface area contributed by atoms with Crippen LogP contribution in [-0.4, -0.2) is 14.2 Å². The van der Waals surface area contributed by atoms with Crippen molar-refractivity contribution >= 4 is 0 Å². The summed E-state index contributed by atoms with van der Waals surface area (Å²) in [7, 11) is 3.28. The van der Waals surface area contributed by atoms with Gasteiger partial charge >= 0.3 is 0 Å². The fraction of sp³-hybridized carbons (Fsp3) is 0.333. The Hall–Kier alpha value is -1.22. The number of methoxy groups -OCH3 is 2. The third-order valence-electron chi connectivity index (χ3n) is 1.70. The van der Waals surface area contributed by atoms with Gasteiger partial charge in [-0.2, -0.15) is 0 Å². The van der Waals surface area contributed by atoms with Gasteiger partial charge in [-0.3, -0.25) is 0 Å². The van der Waals surface area contributed by atoms with E-state index in [2.05, 4.69) is 5.73 Å². The van der Waals surface area contributed by atoms with Crippen LogP contribution in [0.5, 0.6) is 11.5 Å². The lowest BCUT2D eigenvalue weighted by atomic mass is 10.2. The van der Waals surface area contributed by atoms with Gasteiger partial charge in [0.05, 0.1) is 20.8 Å². The quantitative estimate of drug-likeness (QED) is 0.712. The predicted octanol–water partition coefficient (Wildman–Crippen LogP) is 0.446. The molecule has 12 heavy (non-hydrogen) atoms. The Morgan fingerprint density at radius 3 is 1.92 bits per heavy atom. The Kier molecular flexibility index (Phi) is 2.94. The van der Waals surface area contributed by atoms with E-state index in [1.165, 1.54) is 0 Å². The van der Waals surface area contributed by atoms with Crippen molar-refractivity contribution < 1.29 is 15.2 Å². The summed E-state index contributed by atoms with van der Waals surface area (Å²) < 4.78 is 10.2. The largest absolute Gasteiger partial charge is 0.497 e. The summed E-state index contributed by atoms with van der Waals surface area (Å²) in [5.41, 5.74) is 4.91. The number of benzene rings is 1. The molecular weight excluding hydrogens is 154 g/mol. The Bertz CT molecular complexity index is 205. The molecule has 0 heterocycles. The molecule has 3 nitrogen and oxygen atoms in total. The molecule has 3 N–H and O–H groups in total. The van der Waals surface area contributed by atoms with E-state index in [1.807, 2.05) is 18.2 Å². The molecule has 1 aromatic carbocycles. The van der Waals surface area contributed by atoms with Crippen molar-refractivity contribution in [1.29, 1.82) is 0 Å². The van der Waals surface area contributed by atoms with Crippen molar-refractivity contribution in [1.82, 2.24) is 0 Å². The van der Waals surface area contributed by atoms with Gasteiger partial charge in [-0.25, -0.2) is 0 Å². The first kappa shape index (κ1) is 8.87. The van der Waals surface area contributed by atoms with E-state index in [4.69, 9.17) is 9.47 Å². The summed E-state index contributed by atoms with van der Waals surface area (Å²) in [6.45, 7) is 0.744. The maximum absolute atomic E-state index is 5.09.